The Labute approximate surface area is 166 Å². The zero-order valence-electron chi connectivity index (χ0n) is 16.6. The number of nitrogens with one attached hydrogen (secondary N) is 1. The second-order valence-corrected chi connectivity index (χ2v) is 7.04. The maximum absolute atomic E-state index is 12.6. The van der Waals surface area contributed by atoms with Gasteiger partial charge in [-0.1, -0.05) is 42.5 Å². The Kier molecular flexibility index (Phi) is 8.49. The Balaban J connectivity index is 1.87. The van der Waals surface area contributed by atoms with Crippen molar-refractivity contribution in [2.45, 2.75) is 19.4 Å². The number of carboxylic acid groups (broad SMARTS) is 1. The van der Waals surface area contributed by atoms with Gasteiger partial charge in [-0.3, -0.25) is 0 Å². The Morgan fingerprint density at radius 1 is 0.893 bits per heavy atom. The average Bonchev–Trinajstić information content (AvgIpc) is 2.69. The third kappa shape index (κ3) is 7.40. The van der Waals surface area contributed by atoms with Gasteiger partial charge >= 0.3 is 12.0 Å². The summed E-state index contributed by atoms with van der Waals surface area (Å²) in [6, 6.07) is 16.7. The van der Waals surface area contributed by atoms with E-state index in [0.717, 1.165) is 24.9 Å². The fourth-order valence-electron chi connectivity index (χ4n) is 2.81. The molecule has 0 aliphatic carbocycles. The molecule has 6 nitrogen and oxygen atoms in total. The summed E-state index contributed by atoms with van der Waals surface area (Å²) in [6.07, 6.45) is 1.83. The Bertz CT molecular complexity index is 745. The largest absolute Gasteiger partial charge is 0.478 e. The van der Waals surface area contributed by atoms with Crippen LogP contribution < -0.4 is 5.32 Å². The summed E-state index contributed by atoms with van der Waals surface area (Å²) < 4.78 is 0. The fraction of sp³-hybridized carbons (Fsp3) is 0.364. The molecule has 0 spiro atoms. The molecule has 2 aromatic rings. The van der Waals surface area contributed by atoms with Crippen LogP contribution in [0.2, 0.25) is 0 Å². The molecule has 150 valence electrons. The van der Waals surface area contributed by atoms with E-state index in [1.165, 1.54) is 5.56 Å². The van der Waals surface area contributed by atoms with Crippen molar-refractivity contribution in [2.24, 2.45) is 0 Å². The molecule has 2 rings (SSSR count). The number of rotatable bonds is 10. The number of aromatic carboxylic acids is 1. The number of carboxylic acids is 1. The maximum Gasteiger partial charge on any atom is 0.335 e. The first kappa shape index (κ1) is 21.4. The normalized spacial score (nSPS) is 10.7. The lowest BCUT2D eigenvalue weighted by Gasteiger charge is -2.25. The second kappa shape index (κ2) is 11.1. The molecule has 2 amide bonds. The highest BCUT2D eigenvalue weighted by atomic mass is 16.4. The van der Waals surface area contributed by atoms with Crippen LogP contribution in [0.3, 0.4) is 0 Å². The molecule has 0 bridgehead atoms. The van der Waals surface area contributed by atoms with Crippen molar-refractivity contribution >= 4 is 12.0 Å². The van der Waals surface area contributed by atoms with E-state index in [1.807, 2.05) is 37.2 Å². The second-order valence-electron chi connectivity index (χ2n) is 7.04. The van der Waals surface area contributed by atoms with Crippen molar-refractivity contribution < 1.29 is 14.7 Å². The topological polar surface area (TPSA) is 72.9 Å². The van der Waals surface area contributed by atoms with Crippen LogP contribution in [0.5, 0.6) is 0 Å². The van der Waals surface area contributed by atoms with E-state index in [0.29, 0.717) is 19.6 Å². The summed E-state index contributed by atoms with van der Waals surface area (Å²) >= 11 is 0. The number of urea groups is 1. The highest BCUT2D eigenvalue weighted by Gasteiger charge is 2.13. The van der Waals surface area contributed by atoms with Gasteiger partial charge in [-0.25, -0.2) is 9.59 Å². The highest BCUT2D eigenvalue weighted by Crippen LogP contribution is 2.06. The minimum atomic E-state index is -0.955. The van der Waals surface area contributed by atoms with Crippen LogP contribution in [0.4, 0.5) is 4.79 Å². The lowest BCUT2D eigenvalue weighted by atomic mass is 10.1. The Morgan fingerprint density at radius 3 is 2.18 bits per heavy atom. The summed E-state index contributed by atoms with van der Waals surface area (Å²) in [5.41, 5.74) is 2.38. The maximum atomic E-state index is 12.6. The molecule has 0 fully saturated rings. The number of aryl methyl sites for hydroxylation is 1. The molecule has 0 aliphatic heterocycles. The van der Waals surface area contributed by atoms with Crippen LogP contribution in [0.25, 0.3) is 0 Å². The van der Waals surface area contributed by atoms with Gasteiger partial charge in [0.15, 0.2) is 0 Å². The van der Waals surface area contributed by atoms with Gasteiger partial charge in [0.05, 0.1) is 5.56 Å². The van der Waals surface area contributed by atoms with Gasteiger partial charge in [-0.2, -0.15) is 0 Å². The van der Waals surface area contributed by atoms with E-state index in [1.54, 1.807) is 24.3 Å². The third-order valence-corrected chi connectivity index (χ3v) is 4.49. The van der Waals surface area contributed by atoms with E-state index in [4.69, 9.17) is 5.11 Å². The van der Waals surface area contributed by atoms with Crippen LogP contribution in [0.1, 0.15) is 27.9 Å². The molecule has 0 saturated heterocycles. The molecule has 0 aromatic heterocycles. The monoisotopic (exact) mass is 383 g/mol. The molecule has 0 radical (unpaired) electrons. The van der Waals surface area contributed by atoms with Gasteiger partial charge < -0.3 is 20.2 Å². The molecule has 0 saturated carbocycles. The quantitative estimate of drug-likeness (QED) is 0.661. The van der Waals surface area contributed by atoms with Gasteiger partial charge in [0.25, 0.3) is 0 Å². The minimum absolute atomic E-state index is 0.0998. The Morgan fingerprint density at radius 2 is 1.57 bits per heavy atom. The molecule has 0 atom stereocenters. The van der Waals surface area contributed by atoms with Crippen LogP contribution in [0.15, 0.2) is 54.6 Å². The number of nitrogens with zero attached hydrogens (tertiary/aromatic N) is 2. The molecule has 0 unspecified atom stereocenters. The van der Waals surface area contributed by atoms with Gasteiger partial charge in [0.1, 0.15) is 0 Å². The summed E-state index contributed by atoms with van der Waals surface area (Å²) in [7, 11) is 3.98. The zero-order chi connectivity index (χ0) is 20.4. The summed E-state index contributed by atoms with van der Waals surface area (Å²) in [4.78, 5) is 27.5. The van der Waals surface area contributed by atoms with E-state index < -0.39 is 5.97 Å². The molecule has 28 heavy (non-hydrogen) atoms. The Hall–Kier alpha value is -2.86. The first-order chi connectivity index (χ1) is 13.5. The number of benzene rings is 2. The minimum Gasteiger partial charge on any atom is -0.478 e. The molecule has 0 heterocycles. The number of carbonyl (C=O) groups is 2. The highest BCUT2D eigenvalue weighted by molar-refractivity contribution is 5.87. The zero-order valence-corrected chi connectivity index (χ0v) is 16.6. The van der Waals surface area contributed by atoms with Gasteiger partial charge in [0, 0.05) is 26.2 Å². The van der Waals surface area contributed by atoms with Crippen molar-refractivity contribution in [2.75, 3.05) is 33.7 Å². The fourth-order valence-corrected chi connectivity index (χ4v) is 2.81. The summed E-state index contributed by atoms with van der Waals surface area (Å²) in [6.45, 7) is 2.51. The average molecular weight is 383 g/mol. The number of likely N-dealkylation sites (N-methyl/N-ethyl adjacent to an activating group) is 1. The van der Waals surface area contributed by atoms with Crippen LogP contribution in [0, 0.1) is 0 Å². The molecule has 6 heteroatoms. The van der Waals surface area contributed by atoms with Crippen molar-refractivity contribution in [1.82, 2.24) is 15.1 Å². The summed E-state index contributed by atoms with van der Waals surface area (Å²) in [5.74, 6) is -0.955. The predicted octanol–water partition coefficient (Wildman–Crippen LogP) is 3.09. The molecule has 2 aromatic carbocycles. The van der Waals surface area contributed by atoms with Crippen LogP contribution >= 0.6 is 0 Å². The van der Waals surface area contributed by atoms with E-state index >= 15 is 0 Å². The molecule has 0 aliphatic rings. The molecule has 2 N–H and O–H groups in total. The standard InChI is InChI=1S/C22H29N3O3/c1-24(2)15-16-25(14-6-9-18-7-4-3-5-8-18)22(28)23-17-19-10-12-20(13-11-19)21(26)27/h3-5,7-8,10-13H,6,9,14-17H2,1-2H3,(H,23,28)(H,26,27). The van der Waals surface area contributed by atoms with E-state index in [9.17, 15) is 9.59 Å². The molecular formula is C22H29N3O3. The first-order valence-corrected chi connectivity index (χ1v) is 9.49. The third-order valence-electron chi connectivity index (χ3n) is 4.49. The van der Waals surface area contributed by atoms with Gasteiger partial charge in [-0.05, 0) is 50.2 Å². The number of carbonyl (C=O) groups excluding carboxylic acids is 1. The van der Waals surface area contributed by atoms with Crippen molar-refractivity contribution in [3.63, 3.8) is 0 Å². The van der Waals surface area contributed by atoms with Gasteiger partial charge in [-0.15, -0.1) is 0 Å². The van der Waals surface area contributed by atoms with Crippen molar-refractivity contribution in [3.8, 4) is 0 Å². The van der Waals surface area contributed by atoms with Crippen LogP contribution in [-0.2, 0) is 13.0 Å². The number of hydrogen-bond acceptors (Lipinski definition) is 3. The summed E-state index contributed by atoms with van der Waals surface area (Å²) in [5, 5.41) is 11.9. The van der Waals surface area contributed by atoms with Crippen molar-refractivity contribution in [3.05, 3.63) is 71.3 Å². The lowest BCUT2D eigenvalue weighted by Crippen LogP contribution is -2.43. The number of hydrogen-bond donors (Lipinski definition) is 2. The van der Waals surface area contributed by atoms with E-state index in [-0.39, 0.29) is 11.6 Å². The lowest BCUT2D eigenvalue weighted by molar-refractivity contribution is 0.0697. The number of amides is 2. The smallest absolute Gasteiger partial charge is 0.335 e. The van der Waals surface area contributed by atoms with E-state index in [2.05, 4.69) is 22.3 Å². The first-order valence-electron chi connectivity index (χ1n) is 9.49. The predicted molar refractivity (Wildman–Crippen MR) is 111 cm³/mol. The van der Waals surface area contributed by atoms with Crippen molar-refractivity contribution in [1.29, 1.82) is 0 Å². The SMILES string of the molecule is CN(C)CCN(CCCc1ccccc1)C(=O)NCc1ccc(C(=O)O)cc1. The van der Waals surface area contributed by atoms with Crippen LogP contribution in [-0.4, -0.2) is 60.6 Å². The van der Waals surface area contributed by atoms with Gasteiger partial charge in [0.2, 0.25) is 0 Å². The molecular weight excluding hydrogens is 354 g/mol.